The lowest BCUT2D eigenvalue weighted by Crippen LogP contribution is -1.89. The molecular formula is C16H8F2N2S. The lowest BCUT2D eigenvalue weighted by Gasteiger charge is -1.99. The van der Waals surface area contributed by atoms with Gasteiger partial charge in [-0.3, -0.25) is 0 Å². The maximum Gasteiger partial charge on any atom is 0.135 e. The molecule has 1 aromatic heterocycles. The summed E-state index contributed by atoms with van der Waals surface area (Å²) in [6, 6.07) is 13.0. The maximum absolute atomic E-state index is 13.7. The van der Waals surface area contributed by atoms with Gasteiger partial charge in [0.15, 0.2) is 0 Å². The van der Waals surface area contributed by atoms with Crippen LogP contribution in [0.15, 0.2) is 42.5 Å². The summed E-state index contributed by atoms with van der Waals surface area (Å²) >= 11 is 1.31. The molecule has 0 aliphatic rings. The van der Waals surface area contributed by atoms with E-state index in [2.05, 4.69) is 4.98 Å². The van der Waals surface area contributed by atoms with Crippen LogP contribution in [0.1, 0.15) is 10.6 Å². The molecular weight excluding hydrogens is 290 g/mol. The number of fused-ring (bicyclic) bond motifs is 1. The number of allylic oxidation sites excluding steroid dienone is 1. The summed E-state index contributed by atoms with van der Waals surface area (Å²) in [7, 11) is 0. The van der Waals surface area contributed by atoms with E-state index in [4.69, 9.17) is 0 Å². The van der Waals surface area contributed by atoms with Gasteiger partial charge in [-0.05, 0) is 30.3 Å². The minimum atomic E-state index is -0.705. The largest absolute Gasteiger partial charge is 0.235 e. The Kier molecular flexibility index (Phi) is 3.46. The number of benzene rings is 2. The molecule has 0 amide bonds. The van der Waals surface area contributed by atoms with Gasteiger partial charge in [-0.25, -0.2) is 13.8 Å². The molecule has 0 radical (unpaired) electrons. The van der Waals surface area contributed by atoms with Crippen LogP contribution in [0, 0.1) is 23.0 Å². The van der Waals surface area contributed by atoms with Crippen molar-refractivity contribution >= 4 is 33.2 Å². The van der Waals surface area contributed by atoms with Crippen molar-refractivity contribution in [2.24, 2.45) is 0 Å². The zero-order valence-corrected chi connectivity index (χ0v) is 11.5. The van der Waals surface area contributed by atoms with Crippen LogP contribution < -0.4 is 0 Å². The molecule has 0 fully saturated rings. The van der Waals surface area contributed by atoms with Crippen LogP contribution in [0.25, 0.3) is 21.9 Å². The highest BCUT2D eigenvalue weighted by Gasteiger charge is 2.12. The van der Waals surface area contributed by atoms with Crippen LogP contribution >= 0.6 is 11.3 Å². The fraction of sp³-hybridized carbons (Fsp3) is 0. The highest BCUT2D eigenvalue weighted by Crippen LogP contribution is 2.28. The summed E-state index contributed by atoms with van der Waals surface area (Å²) in [5, 5.41) is 9.70. The Labute approximate surface area is 123 Å². The van der Waals surface area contributed by atoms with E-state index < -0.39 is 11.6 Å². The minimum Gasteiger partial charge on any atom is -0.235 e. The monoisotopic (exact) mass is 298 g/mol. The van der Waals surface area contributed by atoms with Gasteiger partial charge in [0, 0.05) is 5.56 Å². The molecule has 0 atom stereocenters. The van der Waals surface area contributed by atoms with Crippen LogP contribution in [0.2, 0.25) is 0 Å². The summed E-state index contributed by atoms with van der Waals surface area (Å²) in [5.41, 5.74) is 0.668. The maximum atomic E-state index is 13.7. The zero-order valence-electron chi connectivity index (χ0n) is 10.7. The fourth-order valence-corrected chi connectivity index (χ4v) is 2.85. The molecule has 5 heteroatoms. The van der Waals surface area contributed by atoms with Crippen LogP contribution in [0.5, 0.6) is 0 Å². The number of thiazole rings is 1. The van der Waals surface area contributed by atoms with Crippen molar-refractivity contribution in [3.8, 4) is 6.07 Å². The summed E-state index contributed by atoms with van der Waals surface area (Å²) < 4.78 is 28.2. The van der Waals surface area contributed by atoms with Gasteiger partial charge in [0.25, 0.3) is 0 Å². The molecule has 0 N–H and O–H groups in total. The molecule has 3 aromatic rings. The van der Waals surface area contributed by atoms with Crippen LogP contribution in [0.4, 0.5) is 8.78 Å². The summed E-state index contributed by atoms with van der Waals surface area (Å²) in [5.74, 6) is -1.41. The third kappa shape index (κ3) is 2.54. The first-order valence-corrected chi connectivity index (χ1v) is 6.92. The predicted octanol–water partition coefficient (Wildman–Crippen LogP) is 4.64. The second kappa shape index (κ2) is 5.43. The average molecular weight is 298 g/mol. The summed E-state index contributed by atoms with van der Waals surface area (Å²) in [6.45, 7) is 0. The molecule has 21 heavy (non-hydrogen) atoms. The number of nitriles is 1. The molecule has 0 saturated heterocycles. The minimum absolute atomic E-state index is 0.139. The highest BCUT2D eigenvalue weighted by molar-refractivity contribution is 7.19. The number of hydrogen-bond acceptors (Lipinski definition) is 3. The quantitative estimate of drug-likeness (QED) is 0.646. The SMILES string of the molecule is N#C/C(=C\c1c(F)cccc1F)c1nc2ccccc2s1. The van der Waals surface area contributed by atoms with E-state index in [1.54, 1.807) is 0 Å². The van der Waals surface area contributed by atoms with Crippen molar-refractivity contribution in [3.63, 3.8) is 0 Å². The Bertz CT molecular complexity index is 837. The Morgan fingerprint density at radius 1 is 1.10 bits per heavy atom. The summed E-state index contributed by atoms with van der Waals surface area (Å²) in [4.78, 5) is 4.32. The topological polar surface area (TPSA) is 36.7 Å². The van der Waals surface area contributed by atoms with E-state index in [0.717, 1.165) is 22.3 Å². The van der Waals surface area contributed by atoms with Crippen molar-refractivity contribution in [2.75, 3.05) is 0 Å². The van der Waals surface area contributed by atoms with Gasteiger partial charge in [-0.15, -0.1) is 11.3 Å². The first-order chi connectivity index (χ1) is 10.2. The third-order valence-corrected chi connectivity index (χ3v) is 4.00. The lowest BCUT2D eigenvalue weighted by atomic mass is 10.1. The Balaban J connectivity index is 2.14. The normalized spacial score (nSPS) is 11.6. The number of halogens is 2. The Hall–Kier alpha value is -2.58. The van der Waals surface area contributed by atoms with E-state index in [1.807, 2.05) is 30.3 Å². The first kappa shape index (κ1) is 13.4. The second-order valence-electron chi connectivity index (χ2n) is 4.29. The standard InChI is InChI=1S/C16H8F2N2S/c17-12-4-3-5-13(18)11(12)8-10(9-19)16-20-14-6-1-2-7-15(14)21-16/h1-8H/b10-8+. The molecule has 3 rings (SSSR count). The van der Waals surface area contributed by atoms with E-state index in [-0.39, 0.29) is 11.1 Å². The van der Waals surface area contributed by atoms with Crippen LogP contribution in [0.3, 0.4) is 0 Å². The van der Waals surface area contributed by atoms with E-state index in [0.29, 0.717) is 5.01 Å². The van der Waals surface area contributed by atoms with E-state index in [9.17, 15) is 14.0 Å². The zero-order chi connectivity index (χ0) is 14.8. The molecule has 102 valence electrons. The van der Waals surface area contributed by atoms with E-state index in [1.165, 1.54) is 23.5 Å². The first-order valence-electron chi connectivity index (χ1n) is 6.11. The molecule has 0 saturated carbocycles. The smallest absolute Gasteiger partial charge is 0.135 e. The lowest BCUT2D eigenvalue weighted by molar-refractivity contribution is 0.579. The van der Waals surface area contributed by atoms with Crippen molar-refractivity contribution < 1.29 is 8.78 Å². The number of rotatable bonds is 2. The predicted molar refractivity (Wildman–Crippen MR) is 79.5 cm³/mol. The Morgan fingerprint density at radius 2 is 1.81 bits per heavy atom. The van der Waals surface area contributed by atoms with E-state index >= 15 is 0 Å². The van der Waals surface area contributed by atoms with Crippen molar-refractivity contribution in [2.45, 2.75) is 0 Å². The fourth-order valence-electron chi connectivity index (χ4n) is 1.92. The molecule has 2 aromatic carbocycles. The molecule has 0 spiro atoms. The Morgan fingerprint density at radius 3 is 2.48 bits per heavy atom. The summed E-state index contributed by atoms with van der Waals surface area (Å²) in [6.07, 6.45) is 1.20. The van der Waals surface area contributed by atoms with Gasteiger partial charge in [0.05, 0.1) is 15.8 Å². The molecule has 0 aliphatic carbocycles. The van der Waals surface area contributed by atoms with Crippen molar-refractivity contribution in [3.05, 3.63) is 64.7 Å². The number of aromatic nitrogens is 1. The van der Waals surface area contributed by atoms with Crippen molar-refractivity contribution in [1.29, 1.82) is 5.26 Å². The van der Waals surface area contributed by atoms with Gasteiger partial charge < -0.3 is 0 Å². The number of para-hydroxylation sites is 1. The average Bonchev–Trinajstić information content (AvgIpc) is 2.90. The number of nitrogens with zero attached hydrogens (tertiary/aromatic N) is 2. The molecule has 2 nitrogen and oxygen atoms in total. The van der Waals surface area contributed by atoms with Crippen LogP contribution in [-0.4, -0.2) is 4.98 Å². The van der Waals surface area contributed by atoms with Gasteiger partial charge >= 0.3 is 0 Å². The van der Waals surface area contributed by atoms with Gasteiger partial charge in [-0.2, -0.15) is 5.26 Å². The molecule has 0 aliphatic heterocycles. The van der Waals surface area contributed by atoms with Crippen molar-refractivity contribution in [1.82, 2.24) is 4.98 Å². The van der Waals surface area contributed by atoms with Gasteiger partial charge in [0.1, 0.15) is 22.7 Å². The molecule has 0 bridgehead atoms. The molecule has 0 unspecified atom stereocenters. The van der Waals surface area contributed by atoms with Gasteiger partial charge in [-0.1, -0.05) is 18.2 Å². The second-order valence-corrected chi connectivity index (χ2v) is 5.32. The number of hydrogen-bond donors (Lipinski definition) is 0. The highest BCUT2D eigenvalue weighted by atomic mass is 32.1. The molecule has 1 heterocycles. The third-order valence-electron chi connectivity index (χ3n) is 2.93. The van der Waals surface area contributed by atoms with Crippen LogP contribution in [-0.2, 0) is 0 Å². The van der Waals surface area contributed by atoms with Gasteiger partial charge in [0.2, 0.25) is 0 Å².